The van der Waals surface area contributed by atoms with Crippen LogP contribution in [-0.2, 0) is 11.3 Å². The van der Waals surface area contributed by atoms with Gasteiger partial charge in [-0.15, -0.1) is 0 Å². The smallest absolute Gasteiger partial charge is 0.258 e. The molecule has 0 spiro atoms. The predicted octanol–water partition coefficient (Wildman–Crippen LogP) is 0.973. The number of aromatic nitrogens is 2. The number of benzene rings is 1. The Balaban J connectivity index is 1.76. The summed E-state index contributed by atoms with van der Waals surface area (Å²) in [5.74, 6) is -1.06. The molecule has 1 atom stereocenters. The molecular formula is C22H18F2N5O3S-. The number of halogens is 2. The molecule has 0 fully saturated rings. The van der Waals surface area contributed by atoms with Crippen LogP contribution in [0.4, 0.5) is 26.0 Å². The highest BCUT2D eigenvalue weighted by molar-refractivity contribution is 7.77. The Hall–Kier alpha value is -3.41. The van der Waals surface area contributed by atoms with Gasteiger partial charge in [-0.25, -0.2) is 18.5 Å². The Bertz CT molecular complexity index is 1490. The van der Waals surface area contributed by atoms with E-state index in [-0.39, 0.29) is 24.3 Å². The van der Waals surface area contributed by atoms with E-state index < -0.39 is 22.9 Å². The summed E-state index contributed by atoms with van der Waals surface area (Å²) in [5, 5.41) is 1.25. The molecule has 1 unspecified atom stereocenters. The number of aromatic amines is 1. The van der Waals surface area contributed by atoms with Gasteiger partial charge < -0.3 is 19.3 Å². The second kappa shape index (κ2) is 8.18. The number of nitrogens with one attached hydrogen (secondary N) is 2. The molecular weight excluding hydrogens is 452 g/mol. The van der Waals surface area contributed by atoms with E-state index in [1.54, 1.807) is 35.3 Å². The van der Waals surface area contributed by atoms with Gasteiger partial charge in [0, 0.05) is 55.1 Å². The Morgan fingerprint density at radius 1 is 1.30 bits per heavy atom. The van der Waals surface area contributed by atoms with Crippen LogP contribution in [0.2, 0.25) is 0 Å². The van der Waals surface area contributed by atoms with Gasteiger partial charge in [0.05, 0.1) is 27.9 Å². The average molecular weight is 470 g/mol. The average Bonchev–Trinajstić information content (AvgIpc) is 2.97. The molecule has 0 saturated carbocycles. The zero-order chi connectivity index (χ0) is 23.3. The summed E-state index contributed by atoms with van der Waals surface area (Å²) < 4.78 is 52.2. The first kappa shape index (κ1) is 21.4. The fourth-order valence-corrected chi connectivity index (χ4v) is 4.60. The van der Waals surface area contributed by atoms with E-state index in [1.165, 1.54) is 12.1 Å². The summed E-state index contributed by atoms with van der Waals surface area (Å²) in [6, 6.07) is 3.32. The number of rotatable bonds is 5. The summed E-state index contributed by atoms with van der Waals surface area (Å²) in [7, 11) is 1.80. The zero-order valence-electron chi connectivity index (χ0n) is 17.4. The molecule has 0 amide bonds. The first-order valence-electron chi connectivity index (χ1n) is 10.1. The van der Waals surface area contributed by atoms with Crippen LogP contribution in [0.1, 0.15) is 6.42 Å². The van der Waals surface area contributed by atoms with Gasteiger partial charge in [0.15, 0.2) is 0 Å². The quantitative estimate of drug-likeness (QED) is 0.539. The molecule has 1 aromatic carbocycles. The van der Waals surface area contributed by atoms with Crippen molar-refractivity contribution in [1.29, 1.82) is 0 Å². The molecule has 4 aliphatic heterocycles. The molecule has 5 rings (SSSR count). The summed E-state index contributed by atoms with van der Waals surface area (Å²) in [5.41, 5.74) is 2.17. The number of hydrogen-bond donors (Lipinski definition) is 2. The number of anilines is 3. The van der Waals surface area contributed by atoms with Crippen LogP contribution in [0.5, 0.6) is 0 Å². The van der Waals surface area contributed by atoms with Gasteiger partial charge in [0.25, 0.3) is 5.56 Å². The molecule has 0 aromatic heterocycles. The highest BCUT2D eigenvalue weighted by Gasteiger charge is 2.30. The molecule has 0 radical (unpaired) electrons. The number of H-pyrrole nitrogens is 1. The third-order valence-corrected chi connectivity index (χ3v) is 6.21. The summed E-state index contributed by atoms with van der Waals surface area (Å²) in [6.07, 6.45) is 7.39. The monoisotopic (exact) mass is 470 g/mol. The molecule has 4 aliphatic rings. The third kappa shape index (κ3) is 3.63. The van der Waals surface area contributed by atoms with Gasteiger partial charge in [-0.3, -0.25) is 9.00 Å². The maximum atomic E-state index is 14.6. The van der Waals surface area contributed by atoms with Crippen LogP contribution in [0.15, 0.2) is 41.5 Å². The third-order valence-electron chi connectivity index (χ3n) is 5.77. The number of nitrogens with zero attached hydrogens (tertiary/aromatic N) is 3. The second-order valence-electron chi connectivity index (χ2n) is 7.70. The van der Waals surface area contributed by atoms with Crippen molar-refractivity contribution in [2.24, 2.45) is 0 Å². The predicted molar refractivity (Wildman–Crippen MR) is 121 cm³/mol. The Morgan fingerprint density at radius 2 is 2.12 bits per heavy atom. The lowest BCUT2D eigenvalue weighted by atomic mass is 10.0. The first-order chi connectivity index (χ1) is 15.8. The van der Waals surface area contributed by atoms with Crippen molar-refractivity contribution >= 4 is 40.1 Å². The number of allylic oxidation sites excluding steroid dienone is 1. The van der Waals surface area contributed by atoms with Gasteiger partial charge in [-0.2, -0.15) is 0 Å². The van der Waals surface area contributed by atoms with Crippen molar-refractivity contribution < 1.29 is 17.5 Å². The maximum absolute atomic E-state index is 14.6. The van der Waals surface area contributed by atoms with E-state index in [0.717, 1.165) is 11.6 Å². The van der Waals surface area contributed by atoms with Crippen molar-refractivity contribution in [2.75, 3.05) is 29.9 Å². The van der Waals surface area contributed by atoms with E-state index in [1.807, 2.05) is 6.08 Å². The van der Waals surface area contributed by atoms with Crippen molar-refractivity contribution in [3.8, 4) is 11.1 Å². The van der Waals surface area contributed by atoms with Crippen LogP contribution >= 0.6 is 0 Å². The van der Waals surface area contributed by atoms with Crippen LogP contribution in [-0.4, -0.2) is 38.9 Å². The minimum absolute atomic E-state index is 0.141. The molecule has 11 heteroatoms. The largest absolute Gasteiger partial charge is 0.760 e. The SMILES string of the molecule is CN1C=CC(CCNS(=O)[O-])=c2cnc3c4c([nH]c(=O)c-4c21)=CCN3c1ccc(F)cc1F. The van der Waals surface area contributed by atoms with Gasteiger partial charge >= 0.3 is 0 Å². The second-order valence-corrected chi connectivity index (χ2v) is 8.46. The standard InChI is InChI=1S/C22H19F2N5O3S/c1-28-8-5-12(4-7-26-33(31)32)14-11-25-21-18-16(27-22(30)19(18)20(14)28)6-9-29(21)17-3-2-13(23)10-15(17)24/h2-3,5-6,8,10-11,26H,4,7,9H2,1H3,(H,27,30)(H,31,32)/p-1. The molecule has 170 valence electrons. The van der Waals surface area contributed by atoms with E-state index in [0.29, 0.717) is 39.6 Å². The number of hydrogen-bond acceptors (Lipinski definition) is 6. The molecule has 8 nitrogen and oxygen atoms in total. The Labute approximate surface area is 189 Å². The van der Waals surface area contributed by atoms with Crippen molar-refractivity contribution in [1.82, 2.24) is 14.7 Å². The van der Waals surface area contributed by atoms with Crippen molar-refractivity contribution in [3.05, 3.63) is 69.2 Å². The van der Waals surface area contributed by atoms with Crippen LogP contribution in [0.25, 0.3) is 22.8 Å². The molecule has 0 aliphatic carbocycles. The van der Waals surface area contributed by atoms with E-state index >= 15 is 0 Å². The molecule has 0 bridgehead atoms. The van der Waals surface area contributed by atoms with Crippen LogP contribution in [0.3, 0.4) is 0 Å². The lowest BCUT2D eigenvalue weighted by molar-refractivity contribution is 0.523. The van der Waals surface area contributed by atoms with Crippen molar-refractivity contribution in [3.63, 3.8) is 0 Å². The zero-order valence-corrected chi connectivity index (χ0v) is 18.2. The molecule has 4 heterocycles. The first-order valence-corrected chi connectivity index (χ1v) is 11.2. The van der Waals surface area contributed by atoms with Crippen LogP contribution in [0, 0.1) is 11.6 Å². The fourth-order valence-electron chi connectivity index (χ4n) is 4.33. The Kier molecular flexibility index (Phi) is 5.31. The number of fused-ring (bicyclic) bond motifs is 2. The lowest BCUT2D eigenvalue weighted by Gasteiger charge is -2.26. The fraction of sp³-hybridized carbons (Fsp3) is 0.182. The molecule has 2 N–H and O–H groups in total. The highest BCUT2D eigenvalue weighted by Crippen LogP contribution is 2.37. The summed E-state index contributed by atoms with van der Waals surface area (Å²) >= 11 is -2.39. The van der Waals surface area contributed by atoms with Gasteiger partial charge in [0.2, 0.25) is 0 Å². The molecule has 0 saturated heterocycles. The van der Waals surface area contributed by atoms with Gasteiger partial charge in [-0.1, -0.05) is 0 Å². The topological polar surface area (TPSA) is 104 Å². The summed E-state index contributed by atoms with van der Waals surface area (Å²) in [6.45, 7) is 0.410. The van der Waals surface area contributed by atoms with E-state index in [2.05, 4.69) is 14.7 Å². The molecule has 1 aromatic rings. The molecule has 33 heavy (non-hydrogen) atoms. The van der Waals surface area contributed by atoms with Gasteiger partial charge in [0.1, 0.15) is 17.5 Å². The van der Waals surface area contributed by atoms with Gasteiger partial charge in [-0.05, 0) is 36.3 Å². The minimum Gasteiger partial charge on any atom is -0.760 e. The Morgan fingerprint density at radius 3 is 2.88 bits per heavy atom. The van der Waals surface area contributed by atoms with Crippen molar-refractivity contribution in [2.45, 2.75) is 6.42 Å². The highest BCUT2D eigenvalue weighted by atomic mass is 32.2. The van der Waals surface area contributed by atoms with E-state index in [9.17, 15) is 22.3 Å². The normalized spacial score (nSPS) is 15.6. The lowest BCUT2D eigenvalue weighted by Crippen LogP contribution is -2.27. The maximum Gasteiger partial charge on any atom is 0.258 e. The van der Waals surface area contributed by atoms with E-state index in [4.69, 9.17) is 0 Å². The summed E-state index contributed by atoms with van der Waals surface area (Å²) in [4.78, 5) is 24.0. The minimum atomic E-state index is -2.39. The van der Waals surface area contributed by atoms with Crippen LogP contribution < -0.4 is 30.6 Å².